The topological polar surface area (TPSA) is 69.6 Å². The third-order valence-corrected chi connectivity index (χ3v) is 11.0. The van der Waals surface area contributed by atoms with E-state index in [1.165, 1.54) is 4.70 Å². The molecule has 0 aliphatic heterocycles. The zero-order chi connectivity index (χ0) is 34.9. The van der Waals surface area contributed by atoms with Crippen molar-refractivity contribution in [1.82, 2.24) is 24.5 Å². The van der Waals surface area contributed by atoms with E-state index in [2.05, 4.69) is 95.6 Å². The summed E-state index contributed by atoms with van der Waals surface area (Å²) in [5.41, 5.74) is 8.60. The first-order chi connectivity index (χ1) is 26.3. The van der Waals surface area contributed by atoms with E-state index in [9.17, 15) is 0 Å². The van der Waals surface area contributed by atoms with Gasteiger partial charge >= 0.3 is 0 Å². The summed E-state index contributed by atoms with van der Waals surface area (Å²) in [7, 11) is 0. The van der Waals surface area contributed by atoms with E-state index in [1.807, 2.05) is 72.8 Å². The molecule has 0 saturated carbocycles. The van der Waals surface area contributed by atoms with Crippen molar-refractivity contribution in [3.8, 4) is 51.2 Å². The van der Waals surface area contributed by atoms with E-state index < -0.39 is 0 Å². The molecule has 11 rings (SSSR count). The highest BCUT2D eigenvalue weighted by Gasteiger charge is 2.21. The summed E-state index contributed by atoms with van der Waals surface area (Å²) in [6.45, 7) is 0. The van der Waals surface area contributed by atoms with Gasteiger partial charge in [-0.15, -0.1) is 11.3 Å². The van der Waals surface area contributed by atoms with Crippen molar-refractivity contribution in [2.45, 2.75) is 0 Å². The van der Waals surface area contributed by atoms with Crippen LogP contribution in [-0.4, -0.2) is 24.5 Å². The molecule has 0 unspecified atom stereocenters. The maximum absolute atomic E-state index is 6.26. The molecule has 0 aliphatic rings. The fourth-order valence-corrected chi connectivity index (χ4v) is 8.67. The molecule has 0 radical (unpaired) electrons. The van der Waals surface area contributed by atoms with Gasteiger partial charge in [0.1, 0.15) is 17.0 Å². The molecule has 7 aromatic carbocycles. The first-order valence-electron chi connectivity index (χ1n) is 17.5. The molecular weight excluding hydrogens is 671 g/mol. The Hall–Kier alpha value is -6.96. The highest BCUT2D eigenvalue weighted by molar-refractivity contribution is 7.26. The first kappa shape index (κ1) is 29.7. The van der Waals surface area contributed by atoms with Crippen LogP contribution in [0.4, 0.5) is 0 Å². The molecular formula is C46H27N5OS. The molecule has 53 heavy (non-hydrogen) atoms. The van der Waals surface area contributed by atoms with Gasteiger partial charge in [-0.2, -0.15) is 0 Å². The second kappa shape index (κ2) is 11.8. The van der Waals surface area contributed by atoms with Crippen molar-refractivity contribution >= 4 is 64.5 Å². The van der Waals surface area contributed by atoms with Gasteiger partial charge in [-0.25, -0.2) is 19.9 Å². The Bertz CT molecular complexity index is 3180. The molecule has 4 heterocycles. The number of hydrogen-bond donors (Lipinski definition) is 0. The molecule has 0 spiro atoms. The van der Waals surface area contributed by atoms with E-state index in [1.54, 1.807) is 11.3 Å². The van der Waals surface area contributed by atoms with E-state index in [-0.39, 0.29) is 0 Å². The van der Waals surface area contributed by atoms with Crippen LogP contribution < -0.4 is 0 Å². The van der Waals surface area contributed by atoms with Crippen LogP contribution in [0.3, 0.4) is 0 Å². The lowest BCUT2D eigenvalue weighted by Crippen LogP contribution is -2.00. The summed E-state index contributed by atoms with van der Waals surface area (Å²) in [6.07, 6.45) is 0. The third kappa shape index (κ3) is 4.79. The molecule has 0 amide bonds. The second-order valence-corrected chi connectivity index (χ2v) is 14.1. The molecule has 0 saturated heterocycles. The SMILES string of the molecule is c1ccc(-c2nc(-c3cccc4oc5ccccc5c34)nc(-c3cccc4sc5cc(-c6nc7ccccc7n6-c6ccccc6)ccc5c34)n2)cc1. The number of rotatable bonds is 5. The van der Waals surface area contributed by atoms with Crippen molar-refractivity contribution in [3.05, 3.63) is 164 Å². The summed E-state index contributed by atoms with van der Waals surface area (Å²) >= 11 is 1.77. The number of thiophene rings is 1. The van der Waals surface area contributed by atoms with Crippen molar-refractivity contribution in [3.63, 3.8) is 0 Å². The van der Waals surface area contributed by atoms with Crippen LogP contribution in [0.2, 0.25) is 0 Å². The Morgan fingerprint density at radius 1 is 0.453 bits per heavy atom. The number of para-hydroxylation sites is 4. The molecule has 0 N–H and O–H groups in total. The number of nitrogens with zero attached hydrogens (tertiary/aromatic N) is 5. The predicted octanol–water partition coefficient (Wildman–Crippen LogP) is 12.1. The Morgan fingerprint density at radius 2 is 1.13 bits per heavy atom. The van der Waals surface area contributed by atoms with Crippen LogP contribution in [0.5, 0.6) is 0 Å². The number of imidazole rings is 1. The number of hydrogen-bond acceptors (Lipinski definition) is 6. The summed E-state index contributed by atoms with van der Waals surface area (Å²) in [4.78, 5) is 20.6. The van der Waals surface area contributed by atoms with Crippen LogP contribution in [0, 0.1) is 0 Å². The lowest BCUT2D eigenvalue weighted by Gasteiger charge is -2.11. The minimum Gasteiger partial charge on any atom is -0.456 e. The van der Waals surface area contributed by atoms with Gasteiger partial charge in [-0.05, 0) is 48.5 Å². The summed E-state index contributed by atoms with van der Waals surface area (Å²) in [5, 5.41) is 4.30. The monoisotopic (exact) mass is 697 g/mol. The van der Waals surface area contributed by atoms with Gasteiger partial charge in [0, 0.05) is 58.9 Å². The Kier molecular flexibility index (Phi) is 6.62. The van der Waals surface area contributed by atoms with E-state index >= 15 is 0 Å². The third-order valence-electron chi connectivity index (χ3n) is 9.88. The summed E-state index contributed by atoms with van der Waals surface area (Å²) in [5.74, 6) is 2.75. The molecule has 0 bridgehead atoms. The average molecular weight is 698 g/mol. The average Bonchev–Trinajstić information content (AvgIpc) is 3.92. The second-order valence-electron chi connectivity index (χ2n) is 13.0. The molecule has 7 heteroatoms. The van der Waals surface area contributed by atoms with Gasteiger partial charge in [0.05, 0.1) is 11.0 Å². The lowest BCUT2D eigenvalue weighted by atomic mass is 10.0. The van der Waals surface area contributed by atoms with Crippen LogP contribution in [0.15, 0.2) is 168 Å². The summed E-state index contributed by atoms with van der Waals surface area (Å²) in [6, 6.07) is 56.1. The molecule has 248 valence electrons. The number of aromatic nitrogens is 5. The van der Waals surface area contributed by atoms with Crippen LogP contribution >= 0.6 is 11.3 Å². The zero-order valence-corrected chi connectivity index (χ0v) is 29.0. The van der Waals surface area contributed by atoms with Crippen molar-refractivity contribution < 1.29 is 4.42 Å². The molecule has 0 aliphatic carbocycles. The van der Waals surface area contributed by atoms with E-state index in [0.29, 0.717) is 17.5 Å². The van der Waals surface area contributed by atoms with Gasteiger partial charge in [-0.3, -0.25) is 4.57 Å². The van der Waals surface area contributed by atoms with Crippen molar-refractivity contribution in [2.75, 3.05) is 0 Å². The van der Waals surface area contributed by atoms with Crippen molar-refractivity contribution in [1.29, 1.82) is 0 Å². The fourth-order valence-electron chi connectivity index (χ4n) is 7.50. The van der Waals surface area contributed by atoms with E-state index in [0.717, 1.165) is 82.2 Å². The largest absolute Gasteiger partial charge is 0.456 e. The normalized spacial score (nSPS) is 11.8. The number of furan rings is 1. The van der Waals surface area contributed by atoms with E-state index in [4.69, 9.17) is 24.4 Å². The van der Waals surface area contributed by atoms with Crippen LogP contribution in [0.1, 0.15) is 0 Å². The van der Waals surface area contributed by atoms with Crippen LogP contribution in [0.25, 0.3) is 104 Å². The maximum Gasteiger partial charge on any atom is 0.164 e. The standard InChI is InChI=1S/C46H27N5OS/c1-3-13-28(14-4-1)43-48-44(33-18-11-23-38-41(33)31-17-7-10-22-37(31)52-38)50-45(49-43)34-19-12-24-39-42(34)32-26-25-29(27-40(32)53-39)46-47-35-20-8-9-21-36(35)51(46)30-15-5-2-6-16-30/h1-27H. The summed E-state index contributed by atoms with van der Waals surface area (Å²) < 4.78 is 10.8. The maximum atomic E-state index is 6.26. The van der Waals surface area contributed by atoms with Crippen LogP contribution in [-0.2, 0) is 0 Å². The predicted molar refractivity (Wildman–Crippen MR) is 216 cm³/mol. The lowest BCUT2D eigenvalue weighted by molar-refractivity contribution is 0.669. The van der Waals surface area contributed by atoms with Gasteiger partial charge < -0.3 is 4.42 Å². The smallest absolute Gasteiger partial charge is 0.164 e. The Morgan fingerprint density at radius 3 is 1.98 bits per heavy atom. The van der Waals surface area contributed by atoms with Gasteiger partial charge in [0.15, 0.2) is 17.5 Å². The fraction of sp³-hybridized carbons (Fsp3) is 0. The molecule has 4 aromatic heterocycles. The molecule has 6 nitrogen and oxygen atoms in total. The minimum absolute atomic E-state index is 0.602. The van der Waals surface area contributed by atoms with Gasteiger partial charge in [0.25, 0.3) is 0 Å². The molecule has 0 fully saturated rings. The highest BCUT2D eigenvalue weighted by atomic mass is 32.1. The van der Waals surface area contributed by atoms with Gasteiger partial charge in [0.2, 0.25) is 0 Å². The molecule has 11 aromatic rings. The first-order valence-corrected chi connectivity index (χ1v) is 18.3. The quantitative estimate of drug-likeness (QED) is 0.179. The zero-order valence-electron chi connectivity index (χ0n) is 28.1. The Balaban J connectivity index is 1.12. The Labute approximate surface area is 307 Å². The number of benzene rings is 7. The molecule has 0 atom stereocenters. The minimum atomic E-state index is 0.602. The van der Waals surface area contributed by atoms with Gasteiger partial charge in [-0.1, -0.05) is 115 Å². The number of fused-ring (bicyclic) bond motifs is 7. The highest BCUT2D eigenvalue weighted by Crippen LogP contribution is 2.42. The van der Waals surface area contributed by atoms with Crippen molar-refractivity contribution in [2.24, 2.45) is 0 Å².